The number of nitrogens with two attached hydrogens (primary N) is 1. The Labute approximate surface area is 138 Å². The lowest BCUT2D eigenvalue weighted by Crippen LogP contribution is -2.34. The zero-order chi connectivity index (χ0) is 17.4. The van der Waals surface area contributed by atoms with Crippen LogP contribution in [0.25, 0.3) is 0 Å². The van der Waals surface area contributed by atoms with Gasteiger partial charge in [0.25, 0.3) is 0 Å². The molecule has 1 saturated carbocycles. The van der Waals surface area contributed by atoms with Gasteiger partial charge in [-0.1, -0.05) is 30.1 Å². The number of halogens is 2. The highest BCUT2D eigenvalue weighted by Gasteiger charge is 2.36. The second-order valence-corrected chi connectivity index (χ2v) is 7.92. The summed E-state index contributed by atoms with van der Waals surface area (Å²) in [5, 5.41) is 3.94. The maximum Gasteiger partial charge on any atom is 0.341 e. The lowest BCUT2D eigenvalue weighted by Gasteiger charge is -2.17. The molecule has 24 heavy (non-hydrogen) atoms. The van der Waals surface area contributed by atoms with Gasteiger partial charge in [-0.2, -0.15) is 13.8 Å². The van der Waals surface area contributed by atoms with Crippen LogP contribution in [-0.4, -0.2) is 24.3 Å². The first-order valence-electron chi connectivity index (χ1n) is 7.54. The van der Waals surface area contributed by atoms with Crippen molar-refractivity contribution in [3.8, 4) is 0 Å². The Kier molecular flexibility index (Phi) is 4.39. The standard InChI is InChI=1S/C15H17F2N3O3S/c16-14(17)24(21,22)11-5-3-10(4-6-11)9-12-19-13(20-23-12)15(18)7-1-2-8-15/h3-6,14H,1-2,7-9,18H2. The Hall–Kier alpha value is -1.87. The van der Waals surface area contributed by atoms with Crippen LogP contribution in [0.15, 0.2) is 33.7 Å². The third-order valence-corrected chi connectivity index (χ3v) is 5.65. The molecule has 130 valence electrons. The molecule has 0 unspecified atom stereocenters. The molecule has 0 aliphatic heterocycles. The molecule has 0 saturated heterocycles. The average molecular weight is 357 g/mol. The number of nitrogens with zero attached hydrogens (tertiary/aromatic N) is 2. The first-order valence-corrected chi connectivity index (χ1v) is 9.09. The van der Waals surface area contributed by atoms with E-state index in [1.165, 1.54) is 12.1 Å². The molecule has 1 aromatic carbocycles. The second-order valence-electron chi connectivity index (χ2n) is 6.00. The highest BCUT2D eigenvalue weighted by atomic mass is 32.2. The van der Waals surface area contributed by atoms with Crippen molar-refractivity contribution >= 4 is 9.84 Å². The molecule has 2 aromatic rings. The number of alkyl halides is 2. The van der Waals surface area contributed by atoms with Crippen LogP contribution in [0.4, 0.5) is 8.78 Å². The van der Waals surface area contributed by atoms with Gasteiger partial charge in [-0.25, -0.2) is 8.42 Å². The smallest absolute Gasteiger partial charge is 0.339 e. The van der Waals surface area contributed by atoms with Crippen molar-refractivity contribution in [2.24, 2.45) is 5.73 Å². The van der Waals surface area contributed by atoms with Gasteiger partial charge in [0.1, 0.15) is 0 Å². The summed E-state index contributed by atoms with van der Waals surface area (Å²) in [6.07, 6.45) is 3.96. The zero-order valence-electron chi connectivity index (χ0n) is 12.8. The second kappa shape index (κ2) is 6.21. The maximum atomic E-state index is 12.5. The molecule has 0 atom stereocenters. The van der Waals surface area contributed by atoms with E-state index in [2.05, 4.69) is 10.1 Å². The Bertz CT molecular complexity index is 813. The first-order chi connectivity index (χ1) is 11.3. The molecular weight excluding hydrogens is 340 g/mol. The van der Waals surface area contributed by atoms with E-state index in [9.17, 15) is 17.2 Å². The van der Waals surface area contributed by atoms with Crippen LogP contribution in [0.5, 0.6) is 0 Å². The van der Waals surface area contributed by atoms with Crippen molar-refractivity contribution in [2.45, 2.75) is 48.3 Å². The Morgan fingerprint density at radius 1 is 1.21 bits per heavy atom. The minimum absolute atomic E-state index is 0.276. The monoisotopic (exact) mass is 357 g/mol. The lowest BCUT2D eigenvalue weighted by molar-refractivity contribution is 0.234. The van der Waals surface area contributed by atoms with Crippen molar-refractivity contribution in [3.63, 3.8) is 0 Å². The molecule has 2 N–H and O–H groups in total. The van der Waals surface area contributed by atoms with E-state index in [-0.39, 0.29) is 6.42 Å². The molecule has 3 rings (SSSR count). The number of hydrogen-bond donors (Lipinski definition) is 1. The average Bonchev–Trinajstić information content (AvgIpc) is 3.18. The van der Waals surface area contributed by atoms with E-state index in [0.717, 1.165) is 37.8 Å². The van der Waals surface area contributed by atoms with Gasteiger partial charge < -0.3 is 10.3 Å². The van der Waals surface area contributed by atoms with Gasteiger partial charge in [0.2, 0.25) is 15.7 Å². The largest absolute Gasteiger partial charge is 0.341 e. The fraction of sp³-hybridized carbons (Fsp3) is 0.467. The van der Waals surface area contributed by atoms with Crippen molar-refractivity contribution in [1.29, 1.82) is 0 Å². The zero-order valence-corrected chi connectivity index (χ0v) is 13.6. The van der Waals surface area contributed by atoms with Crippen LogP contribution in [0, 0.1) is 0 Å². The summed E-state index contributed by atoms with van der Waals surface area (Å²) in [5.74, 6) is -2.60. The van der Waals surface area contributed by atoms with Crippen LogP contribution in [0.2, 0.25) is 0 Å². The van der Waals surface area contributed by atoms with Crippen LogP contribution >= 0.6 is 0 Å². The first kappa shape index (κ1) is 17.0. The molecule has 1 fully saturated rings. The fourth-order valence-corrected chi connectivity index (χ4v) is 3.55. The topological polar surface area (TPSA) is 99.1 Å². The molecule has 1 aliphatic carbocycles. The minimum Gasteiger partial charge on any atom is -0.339 e. The molecule has 1 aliphatic rings. The van der Waals surface area contributed by atoms with Crippen LogP contribution in [0.3, 0.4) is 0 Å². The Morgan fingerprint density at radius 2 is 1.83 bits per heavy atom. The third kappa shape index (κ3) is 3.18. The molecule has 0 spiro atoms. The number of aromatic nitrogens is 2. The molecule has 0 radical (unpaired) electrons. The van der Waals surface area contributed by atoms with E-state index in [1.807, 2.05) is 0 Å². The summed E-state index contributed by atoms with van der Waals surface area (Å²) in [7, 11) is -4.58. The Balaban J connectivity index is 1.74. The quantitative estimate of drug-likeness (QED) is 0.882. The summed E-state index contributed by atoms with van der Waals surface area (Å²) < 4.78 is 53.0. The summed E-state index contributed by atoms with van der Waals surface area (Å²) in [6, 6.07) is 5.20. The highest BCUT2D eigenvalue weighted by molar-refractivity contribution is 7.91. The molecule has 1 heterocycles. The van der Waals surface area contributed by atoms with Gasteiger partial charge in [0.15, 0.2) is 5.82 Å². The van der Waals surface area contributed by atoms with Gasteiger partial charge in [-0.15, -0.1) is 0 Å². The third-order valence-electron chi connectivity index (χ3n) is 4.25. The fourth-order valence-electron chi connectivity index (χ4n) is 2.83. The SMILES string of the molecule is NC1(c2noc(Cc3ccc(S(=O)(=O)C(F)F)cc3)n2)CCCC1. The number of hydrogen-bond acceptors (Lipinski definition) is 6. The molecule has 0 amide bonds. The molecule has 6 nitrogen and oxygen atoms in total. The molecule has 0 bridgehead atoms. The van der Waals surface area contributed by atoms with E-state index in [0.29, 0.717) is 17.3 Å². The van der Waals surface area contributed by atoms with E-state index in [4.69, 9.17) is 10.3 Å². The van der Waals surface area contributed by atoms with Gasteiger partial charge in [-0.3, -0.25) is 0 Å². The van der Waals surface area contributed by atoms with Crippen LogP contribution in [-0.2, 0) is 21.8 Å². The minimum atomic E-state index is -4.58. The maximum absolute atomic E-state index is 12.5. The number of sulfone groups is 1. The van der Waals surface area contributed by atoms with Crippen molar-refractivity contribution in [3.05, 3.63) is 41.5 Å². The van der Waals surface area contributed by atoms with E-state index < -0.39 is 26.0 Å². The lowest BCUT2D eigenvalue weighted by atomic mass is 9.99. The summed E-state index contributed by atoms with van der Waals surface area (Å²) in [6.45, 7) is 0. The van der Waals surface area contributed by atoms with E-state index in [1.54, 1.807) is 0 Å². The highest BCUT2D eigenvalue weighted by Crippen LogP contribution is 2.34. The van der Waals surface area contributed by atoms with E-state index >= 15 is 0 Å². The molecule has 1 aromatic heterocycles. The van der Waals surface area contributed by atoms with Gasteiger partial charge in [0, 0.05) is 0 Å². The molecule has 9 heteroatoms. The van der Waals surface area contributed by atoms with Crippen molar-refractivity contribution < 1.29 is 21.7 Å². The van der Waals surface area contributed by atoms with Gasteiger partial charge in [0.05, 0.1) is 16.9 Å². The van der Waals surface area contributed by atoms with Crippen molar-refractivity contribution in [1.82, 2.24) is 10.1 Å². The predicted octanol–water partition coefficient (Wildman–Crippen LogP) is 2.38. The Morgan fingerprint density at radius 3 is 2.42 bits per heavy atom. The number of rotatable bonds is 5. The summed E-state index contributed by atoms with van der Waals surface area (Å²) in [4.78, 5) is 3.90. The van der Waals surface area contributed by atoms with Gasteiger partial charge in [-0.05, 0) is 30.5 Å². The number of benzene rings is 1. The van der Waals surface area contributed by atoms with Crippen molar-refractivity contribution in [2.75, 3.05) is 0 Å². The summed E-state index contributed by atoms with van der Waals surface area (Å²) >= 11 is 0. The normalized spacial score (nSPS) is 17.5. The predicted molar refractivity (Wildman–Crippen MR) is 81.1 cm³/mol. The van der Waals surface area contributed by atoms with Crippen LogP contribution in [0.1, 0.15) is 43.0 Å². The van der Waals surface area contributed by atoms with Crippen LogP contribution < -0.4 is 5.73 Å². The molecular formula is C15H17F2N3O3S. The van der Waals surface area contributed by atoms with Gasteiger partial charge >= 0.3 is 5.76 Å². The summed E-state index contributed by atoms with van der Waals surface area (Å²) in [5.41, 5.74) is 6.39.